The number of H-pyrrole nitrogens is 1. The minimum atomic E-state index is 0.134. The van der Waals surface area contributed by atoms with Gasteiger partial charge in [-0.3, -0.25) is 4.79 Å². The molecule has 3 heterocycles. The van der Waals surface area contributed by atoms with Crippen LogP contribution in [0.3, 0.4) is 0 Å². The first-order chi connectivity index (χ1) is 15.3. The third-order valence-corrected chi connectivity index (χ3v) is 6.68. The number of nitrogens with zero attached hydrogens (tertiary/aromatic N) is 3. The molecule has 2 aromatic carbocycles. The van der Waals surface area contributed by atoms with E-state index >= 15 is 0 Å². The molecule has 0 atom stereocenters. The van der Waals surface area contributed by atoms with E-state index in [4.69, 9.17) is 4.42 Å². The number of fused-ring (bicyclic) bond motifs is 1. The standard InChI is InChI=1S/C24H24N4O2S/c29-22(28-12-10-18(11-13-28)14-17-6-2-1-3-7-17)16-31-24-27-26-23(30-24)20-15-25-21-9-5-4-8-19(20)21/h1-9,15,18,25H,10-14,16H2. The Morgan fingerprint density at radius 1 is 1.06 bits per heavy atom. The summed E-state index contributed by atoms with van der Waals surface area (Å²) in [5.41, 5.74) is 3.28. The SMILES string of the molecule is O=C(CSc1nnc(-c2c[nH]c3ccccc23)o1)N1CCC(Cc2ccccc2)CC1. The number of benzene rings is 2. The Kier molecular flexibility index (Phi) is 5.76. The molecule has 7 heteroatoms. The number of hydrogen-bond acceptors (Lipinski definition) is 5. The molecule has 0 unspecified atom stereocenters. The fourth-order valence-electron chi connectivity index (χ4n) is 4.17. The number of rotatable bonds is 6. The van der Waals surface area contributed by atoms with E-state index in [1.165, 1.54) is 17.3 Å². The monoisotopic (exact) mass is 432 g/mol. The highest BCUT2D eigenvalue weighted by molar-refractivity contribution is 7.99. The number of amides is 1. The van der Waals surface area contributed by atoms with E-state index < -0.39 is 0 Å². The van der Waals surface area contributed by atoms with Gasteiger partial charge in [-0.15, -0.1) is 10.2 Å². The Bertz CT molecular complexity index is 1160. The zero-order valence-corrected chi connectivity index (χ0v) is 18.0. The summed E-state index contributed by atoms with van der Waals surface area (Å²) in [6.45, 7) is 1.64. The van der Waals surface area contributed by atoms with E-state index in [0.29, 0.717) is 22.8 Å². The topological polar surface area (TPSA) is 75.0 Å². The fourth-order valence-corrected chi connectivity index (χ4v) is 4.84. The summed E-state index contributed by atoms with van der Waals surface area (Å²) in [6, 6.07) is 18.6. The van der Waals surface area contributed by atoms with Crippen molar-refractivity contribution in [1.82, 2.24) is 20.1 Å². The molecule has 0 bridgehead atoms. The van der Waals surface area contributed by atoms with E-state index in [-0.39, 0.29) is 5.91 Å². The zero-order chi connectivity index (χ0) is 21.0. The molecule has 1 saturated heterocycles. The molecule has 1 aliphatic heterocycles. The summed E-state index contributed by atoms with van der Waals surface area (Å²) in [7, 11) is 0. The van der Waals surface area contributed by atoms with Crippen molar-refractivity contribution in [3.8, 4) is 11.5 Å². The van der Waals surface area contributed by atoms with Crippen LogP contribution < -0.4 is 0 Å². The Balaban J connectivity index is 1.13. The number of para-hydroxylation sites is 1. The lowest BCUT2D eigenvalue weighted by Gasteiger charge is -2.32. The molecule has 4 aromatic rings. The molecule has 31 heavy (non-hydrogen) atoms. The third-order valence-electron chi connectivity index (χ3n) is 5.88. The van der Waals surface area contributed by atoms with Crippen LogP contribution in [0.4, 0.5) is 0 Å². The molecular formula is C24H24N4O2S. The van der Waals surface area contributed by atoms with Crippen molar-refractivity contribution < 1.29 is 9.21 Å². The molecule has 6 nitrogen and oxygen atoms in total. The zero-order valence-electron chi connectivity index (χ0n) is 17.2. The van der Waals surface area contributed by atoms with Gasteiger partial charge in [0, 0.05) is 30.2 Å². The molecule has 5 rings (SSSR count). The molecule has 1 amide bonds. The van der Waals surface area contributed by atoms with Crippen molar-refractivity contribution in [1.29, 1.82) is 0 Å². The molecule has 1 fully saturated rings. The van der Waals surface area contributed by atoms with Gasteiger partial charge in [-0.2, -0.15) is 0 Å². The lowest BCUT2D eigenvalue weighted by atomic mass is 9.90. The predicted molar refractivity (Wildman–Crippen MR) is 122 cm³/mol. The van der Waals surface area contributed by atoms with Gasteiger partial charge in [0.15, 0.2) is 0 Å². The lowest BCUT2D eigenvalue weighted by molar-refractivity contribution is -0.129. The highest BCUT2D eigenvalue weighted by Gasteiger charge is 2.23. The van der Waals surface area contributed by atoms with Crippen LogP contribution in [-0.2, 0) is 11.2 Å². The van der Waals surface area contributed by atoms with Gasteiger partial charge in [0.25, 0.3) is 11.1 Å². The maximum Gasteiger partial charge on any atom is 0.277 e. The third kappa shape index (κ3) is 4.51. The Morgan fingerprint density at radius 2 is 1.84 bits per heavy atom. The van der Waals surface area contributed by atoms with Gasteiger partial charge >= 0.3 is 0 Å². The van der Waals surface area contributed by atoms with Crippen molar-refractivity contribution in [2.24, 2.45) is 5.92 Å². The van der Waals surface area contributed by atoms with Crippen molar-refractivity contribution in [2.75, 3.05) is 18.8 Å². The quantitative estimate of drug-likeness (QED) is 0.443. The summed E-state index contributed by atoms with van der Waals surface area (Å²) < 4.78 is 5.81. The number of aromatic nitrogens is 3. The average Bonchev–Trinajstić information content (AvgIpc) is 3.45. The summed E-state index contributed by atoms with van der Waals surface area (Å²) in [4.78, 5) is 17.8. The van der Waals surface area contributed by atoms with Crippen LogP contribution in [0.25, 0.3) is 22.4 Å². The first-order valence-electron chi connectivity index (χ1n) is 10.6. The summed E-state index contributed by atoms with van der Waals surface area (Å²) in [6.07, 6.45) is 5.07. The van der Waals surface area contributed by atoms with Crippen molar-refractivity contribution in [2.45, 2.75) is 24.5 Å². The number of likely N-dealkylation sites (tertiary alicyclic amines) is 1. The Hall–Kier alpha value is -3.06. The maximum atomic E-state index is 12.7. The first kappa shape index (κ1) is 19.9. The van der Waals surface area contributed by atoms with Crippen LogP contribution >= 0.6 is 11.8 Å². The second-order valence-electron chi connectivity index (χ2n) is 7.92. The fraction of sp³-hybridized carbons (Fsp3) is 0.292. The van der Waals surface area contributed by atoms with Gasteiger partial charge in [0.05, 0.1) is 11.3 Å². The normalized spacial score (nSPS) is 14.9. The number of thioether (sulfide) groups is 1. The molecule has 0 radical (unpaired) electrons. The molecule has 1 aliphatic rings. The molecule has 2 aromatic heterocycles. The van der Waals surface area contributed by atoms with Crippen molar-refractivity contribution in [3.05, 3.63) is 66.4 Å². The second kappa shape index (κ2) is 8.98. The summed E-state index contributed by atoms with van der Waals surface area (Å²) >= 11 is 1.31. The molecular weight excluding hydrogens is 408 g/mol. The van der Waals surface area contributed by atoms with Crippen LogP contribution in [0.2, 0.25) is 0 Å². The number of aromatic amines is 1. The molecule has 1 N–H and O–H groups in total. The van der Waals surface area contributed by atoms with Gasteiger partial charge in [-0.1, -0.05) is 60.3 Å². The van der Waals surface area contributed by atoms with Gasteiger partial charge in [-0.05, 0) is 36.8 Å². The van der Waals surface area contributed by atoms with E-state index in [1.54, 1.807) is 0 Å². The second-order valence-corrected chi connectivity index (χ2v) is 8.85. The molecule has 0 spiro atoms. The highest BCUT2D eigenvalue weighted by atomic mass is 32.2. The van der Waals surface area contributed by atoms with E-state index in [0.717, 1.165) is 48.8 Å². The average molecular weight is 433 g/mol. The minimum absolute atomic E-state index is 0.134. The number of nitrogens with one attached hydrogen (secondary N) is 1. The Labute approximate surface area is 185 Å². The van der Waals surface area contributed by atoms with Gasteiger partial charge in [-0.25, -0.2) is 0 Å². The highest BCUT2D eigenvalue weighted by Crippen LogP contribution is 2.30. The number of carbonyl (C=O) groups is 1. The summed E-state index contributed by atoms with van der Waals surface area (Å²) in [5.74, 6) is 1.57. The van der Waals surface area contributed by atoms with Crippen LogP contribution in [0.5, 0.6) is 0 Å². The number of piperidine rings is 1. The van der Waals surface area contributed by atoms with Gasteiger partial charge < -0.3 is 14.3 Å². The first-order valence-corrected chi connectivity index (χ1v) is 11.6. The molecule has 158 valence electrons. The van der Waals surface area contributed by atoms with Crippen LogP contribution in [0.1, 0.15) is 18.4 Å². The number of hydrogen-bond donors (Lipinski definition) is 1. The number of carbonyl (C=O) groups excluding carboxylic acids is 1. The molecule has 0 saturated carbocycles. The van der Waals surface area contributed by atoms with E-state index in [1.807, 2.05) is 35.4 Å². The van der Waals surface area contributed by atoms with Gasteiger partial charge in [0.1, 0.15) is 0 Å². The largest absolute Gasteiger partial charge is 0.411 e. The summed E-state index contributed by atoms with van der Waals surface area (Å²) in [5, 5.41) is 9.75. The van der Waals surface area contributed by atoms with Crippen molar-refractivity contribution in [3.63, 3.8) is 0 Å². The van der Waals surface area contributed by atoms with Crippen LogP contribution in [0, 0.1) is 5.92 Å². The van der Waals surface area contributed by atoms with Crippen LogP contribution in [0.15, 0.2) is 70.4 Å². The van der Waals surface area contributed by atoms with Crippen LogP contribution in [-0.4, -0.2) is 44.8 Å². The maximum absolute atomic E-state index is 12.7. The van der Waals surface area contributed by atoms with Crippen molar-refractivity contribution >= 4 is 28.6 Å². The predicted octanol–water partition coefficient (Wildman–Crippen LogP) is 4.79. The van der Waals surface area contributed by atoms with Gasteiger partial charge in [0.2, 0.25) is 5.91 Å². The smallest absolute Gasteiger partial charge is 0.277 e. The Morgan fingerprint density at radius 3 is 2.68 bits per heavy atom. The van der Waals surface area contributed by atoms with E-state index in [2.05, 4.69) is 45.5 Å². The molecule has 0 aliphatic carbocycles. The lowest BCUT2D eigenvalue weighted by Crippen LogP contribution is -2.39. The minimum Gasteiger partial charge on any atom is -0.411 e. The van der Waals surface area contributed by atoms with E-state index in [9.17, 15) is 4.79 Å².